The standard InChI is InChI=1S/C10H6Cl2FN3O2/c1-18-10(17)7(15-16-14)4-5-2-3-6(11)9(13)8(5)12/h2-4H,1H3/b7-4-. The van der Waals surface area contributed by atoms with Crippen LogP contribution in [0.5, 0.6) is 0 Å². The van der Waals surface area contributed by atoms with Crippen molar-refractivity contribution in [3.05, 3.63) is 49.7 Å². The minimum atomic E-state index is -0.862. The van der Waals surface area contributed by atoms with Gasteiger partial charge < -0.3 is 4.74 Å². The summed E-state index contributed by atoms with van der Waals surface area (Å²) in [4.78, 5) is 13.7. The number of esters is 1. The third kappa shape index (κ3) is 3.13. The molecule has 0 aliphatic carbocycles. The summed E-state index contributed by atoms with van der Waals surface area (Å²) in [5.74, 6) is -1.68. The maximum Gasteiger partial charge on any atom is 0.340 e. The Kier molecular flexibility index (Phi) is 4.97. The van der Waals surface area contributed by atoms with Crippen LogP contribution >= 0.6 is 23.2 Å². The smallest absolute Gasteiger partial charge is 0.340 e. The first-order valence-electron chi connectivity index (χ1n) is 4.50. The maximum atomic E-state index is 13.4. The van der Waals surface area contributed by atoms with Crippen LogP contribution in [0.15, 0.2) is 22.9 Å². The van der Waals surface area contributed by atoms with Crippen molar-refractivity contribution < 1.29 is 13.9 Å². The molecule has 0 aliphatic heterocycles. The van der Waals surface area contributed by atoms with Crippen LogP contribution in [-0.2, 0) is 9.53 Å². The third-order valence-electron chi connectivity index (χ3n) is 1.90. The fourth-order valence-electron chi connectivity index (χ4n) is 1.08. The van der Waals surface area contributed by atoms with Crippen LogP contribution in [0.3, 0.4) is 0 Å². The molecule has 1 rings (SSSR count). The predicted octanol–water partition coefficient (Wildman–Crippen LogP) is 3.96. The molecule has 0 bridgehead atoms. The zero-order valence-electron chi connectivity index (χ0n) is 9.02. The molecule has 94 valence electrons. The summed E-state index contributed by atoms with van der Waals surface area (Å²) in [5.41, 5.74) is 8.11. The molecule has 0 heterocycles. The molecule has 1 aromatic rings. The quantitative estimate of drug-likeness (QED) is 0.211. The van der Waals surface area contributed by atoms with E-state index in [-0.39, 0.29) is 21.3 Å². The van der Waals surface area contributed by atoms with Gasteiger partial charge in [0, 0.05) is 4.91 Å². The van der Waals surface area contributed by atoms with Crippen molar-refractivity contribution >= 4 is 35.2 Å². The molecule has 0 aromatic heterocycles. The number of hydrogen-bond acceptors (Lipinski definition) is 3. The highest BCUT2D eigenvalue weighted by atomic mass is 35.5. The van der Waals surface area contributed by atoms with E-state index >= 15 is 0 Å². The highest BCUT2D eigenvalue weighted by molar-refractivity contribution is 6.35. The monoisotopic (exact) mass is 289 g/mol. The number of carbonyl (C=O) groups excluding carboxylic acids is 1. The van der Waals surface area contributed by atoms with Gasteiger partial charge in [-0.3, -0.25) is 0 Å². The number of nitrogens with zero attached hydrogens (tertiary/aromatic N) is 3. The van der Waals surface area contributed by atoms with Crippen LogP contribution < -0.4 is 0 Å². The third-order valence-corrected chi connectivity index (χ3v) is 2.58. The van der Waals surface area contributed by atoms with Crippen molar-refractivity contribution in [1.82, 2.24) is 0 Å². The van der Waals surface area contributed by atoms with Crippen molar-refractivity contribution in [2.24, 2.45) is 5.11 Å². The van der Waals surface area contributed by atoms with Crippen molar-refractivity contribution in [2.75, 3.05) is 7.11 Å². The van der Waals surface area contributed by atoms with Gasteiger partial charge in [-0.1, -0.05) is 34.4 Å². The molecule has 0 spiro atoms. The Hall–Kier alpha value is -1.75. The predicted molar refractivity (Wildman–Crippen MR) is 65.6 cm³/mol. The van der Waals surface area contributed by atoms with Gasteiger partial charge in [0.25, 0.3) is 0 Å². The van der Waals surface area contributed by atoms with Gasteiger partial charge in [-0.2, -0.15) is 0 Å². The lowest BCUT2D eigenvalue weighted by Crippen LogP contribution is -2.02. The summed E-state index contributed by atoms with van der Waals surface area (Å²) in [6.07, 6.45) is 1.10. The van der Waals surface area contributed by atoms with E-state index in [9.17, 15) is 9.18 Å². The lowest BCUT2D eigenvalue weighted by Gasteiger charge is -2.03. The molecule has 18 heavy (non-hydrogen) atoms. The Morgan fingerprint density at radius 1 is 1.56 bits per heavy atom. The summed E-state index contributed by atoms with van der Waals surface area (Å²) in [7, 11) is 1.12. The van der Waals surface area contributed by atoms with E-state index in [1.54, 1.807) is 0 Å². The maximum absolute atomic E-state index is 13.4. The Balaban J connectivity index is 3.33. The van der Waals surface area contributed by atoms with Crippen molar-refractivity contribution in [3.8, 4) is 0 Å². The first-order chi connectivity index (χ1) is 8.51. The molecule has 5 nitrogen and oxygen atoms in total. The van der Waals surface area contributed by atoms with Gasteiger partial charge in [-0.25, -0.2) is 9.18 Å². The van der Waals surface area contributed by atoms with Crippen LogP contribution in [0, 0.1) is 5.82 Å². The summed E-state index contributed by atoms with van der Waals surface area (Å²) in [6, 6.07) is 2.64. The lowest BCUT2D eigenvalue weighted by atomic mass is 10.2. The van der Waals surface area contributed by atoms with Crippen LogP contribution in [-0.4, -0.2) is 13.1 Å². The van der Waals surface area contributed by atoms with Gasteiger partial charge in [0.15, 0.2) is 5.82 Å². The molecule has 0 atom stereocenters. The Morgan fingerprint density at radius 3 is 2.78 bits per heavy atom. The van der Waals surface area contributed by atoms with E-state index < -0.39 is 11.8 Å². The fourth-order valence-corrected chi connectivity index (χ4v) is 1.51. The molecule has 1 aromatic carbocycles. The second kappa shape index (κ2) is 6.26. The number of halogens is 3. The Bertz CT molecular complexity index is 568. The summed E-state index contributed by atoms with van der Waals surface area (Å²) in [6.45, 7) is 0. The SMILES string of the molecule is COC(=O)/C(=C/c1ccc(Cl)c(F)c1Cl)N=[N+]=[N-]. The average Bonchev–Trinajstić information content (AvgIpc) is 2.37. The van der Waals surface area contributed by atoms with Crippen LogP contribution in [0.1, 0.15) is 5.56 Å². The van der Waals surface area contributed by atoms with Gasteiger partial charge in [0.2, 0.25) is 0 Å². The van der Waals surface area contributed by atoms with Crippen LogP contribution in [0.25, 0.3) is 16.5 Å². The van der Waals surface area contributed by atoms with Crippen molar-refractivity contribution in [3.63, 3.8) is 0 Å². The molecule has 0 fully saturated rings. The first-order valence-corrected chi connectivity index (χ1v) is 5.25. The number of ether oxygens (including phenoxy) is 1. The second-order valence-corrected chi connectivity index (χ2v) is 3.76. The highest BCUT2D eigenvalue weighted by Gasteiger charge is 2.12. The van der Waals surface area contributed by atoms with Gasteiger partial charge in [-0.05, 0) is 23.2 Å². The minimum absolute atomic E-state index is 0.145. The number of azide groups is 1. The minimum Gasteiger partial charge on any atom is -0.466 e. The van der Waals surface area contributed by atoms with Crippen LogP contribution in [0.4, 0.5) is 4.39 Å². The number of rotatable bonds is 3. The molecule has 0 saturated carbocycles. The molecule has 0 amide bonds. The van der Waals surface area contributed by atoms with Crippen molar-refractivity contribution in [1.29, 1.82) is 0 Å². The van der Waals surface area contributed by atoms with Gasteiger partial charge in [0.05, 0.1) is 17.2 Å². The number of benzene rings is 1. The number of hydrogen-bond donors (Lipinski definition) is 0. The van der Waals surface area contributed by atoms with Gasteiger partial charge in [0.1, 0.15) is 5.70 Å². The average molecular weight is 290 g/mol. The summed E-state index contributed by atoms with van der Waals surface area (Å²) >= 11 is 11.2. The topological polar surface area (TPSA) is 75.1 Å². The van der Waals surface area contributed by atoms with E-state index in [4.69, 9.17) is 28.7 Å². The van der Waals surface area contributed by atoms with E-state index in [1.807, 2.05) is 0 Å². The molecule has 0 saturated heterocycles. The molecular formula is C10H6Cl2FN3O2. The van der Waals surface area contributed by atoms with E-state index in [0.29, 0.717) is 0 Å². The lowest BCUT2D eigenvalue weighted by molar-refractivity contribution is -0.136. The first kappa shape index (κ1) is 14.3. The summed E-state index contributed by atoms with van der Waals surface area (Å²) in [5, 5.41) is 2.70. The number of methoxy groups -OCH3 is 1. The second-order valence-electron chi connectivity index (χ2n) is 2.98. The molecule has 0 aliphatic rings. The van der Waals surface area contributed by atoms with Gasteiger partial charge in [-0.15, -0.1) is 0 Å². The van der Waals surface area contributed by atoms with Crippen LogP contribution in [0.2, 0.25) is 10.0 Å². The summed E-state index contributed by atoms with van der Waals surface area (Å²) < 4.78 is 17.8. The highest BCUT2D eigenvalue weighted by Crippen LogP contribution is 2.28. The Labute approximate surface area is 111 Å². The largest absolute Gasteiger partial charge is 0.466 e. The molecular weight excluding hydrogens is 284 g/mol. The number of carbonyl (C=O) groups is 1. The fraction of sp³-hybridized carbons (Fsp3) is 0.100. The Morgan fingerprint density at radius 2 is 2.22 bits per heavy atom. The van der Waals surface area contributed by atoms with E-state index in [2.05, 4.69) is 14.8 Å². The van der Waals surface area contributed by atoms with Crippen molar-refractivity contribution in [2.45, 2.75) is 0 Å². The van der Waals surface area contributed by atoms with Gasteiger partial charge >= 0.3 is 5.97 Å². The molecule has 8 heteroatoms. The van der Waals surface area contributed by atoms with E-state index in [1.165, 1.54) is 12.1 Å². The van der Waals surface area contributed by atoms with E-state index in [0.717, 1.165) is 13.2 Å². The molecule has 0 N–H and O–H groups in total. The molecule has 0 unspecified atom stereocenters. The zero-order chi connectivity index (χ0) is 13.7. The molecule has 0 radical (unpaired) electrons. The zero-order valence-corrected chi connectivity index (χ0v) is 10.5. The normalized spacial score (nSPS) is 10.8.